The van der Waals surface area contributed by atoms with Gasteiger partial charge in [0, 0.05) is 18.1 Å². The number of nitrogens with zero attached hydrogens (tertiary/aromatic N) is 3. The predicted molar refractivity (Wildman–Crippen MR) is 81.9 cm³/mol. The molecule has 2 N–H and O–H groups in total. The fourth-order valence-electron chi connectivity index (χ4n) is 1.77. The Labute approximate surface area is 132 Å². The summed E-state index contributed by atoms with van der Waals surface area (Å²) in [7, 11) is -0.103. The molecule has 1 heterocycles. The minimum Gasteiger partial charge on any atom is -0.316 e. The first kappa shape index (κ1) is 16.1. The van der Waals surface area contributed by atoms with Crippen LogP contribution >= 0.6 is 15.9 Å². The molecule has 9 heteroatoms. The van der Waals surface area contributed by atoms with E-state index in [2.05, 4.69) is 36.1 Å². The van der Waals surface area contributed by atoms with Gasteiger partial charge in [0.2, 0.25) is 10.0 Å². The average molecular weight is 374 g/mol. The van der Waals surface area contributed by atoms with Crippen molar-refractivity contribution in [2.45, 2.75) is 18.0 Å². The molecule has 0 unspecified atom stereocenters. The summed E-state index contributed by atoms with van der Waals surface area (Å²) in [6, 6.07) is 5.22. The van der Waals surface area contributed by atoms with Crippen LogP contribution in [-0.4, -0.2) is 30.2 Å². The zero-order valence-corrected chi connectivity index (χ0v) is 14.1. The van der Waals surface area contributed by atoms with Crippen LogP contribution in [0.2, 0.25) is 0 Å². The molecule has 2 aromatic rings. The Balaban J connectivity index is 2.20. The summed E-state index contributed by atoms with van der Waals surface area (Å²) < 4.78 is 29.3. The molecule has 1 aromatic carbocycles. The van der Waals surface area contributed by atoms with E-state index in [9.17, 15) is 8.42 Å². The van der Waals surface area contributed by atoms with Crippen LogP contribution in [-0.2, 0) is 30.2 Å². The molecule has 0 fully saturated rings. The SMILES string of the molecule is CNCc1ccc(Br)c(S(=O)(=O)NCc2ncn(C)n2)c1. The number of rotatable bonds is 6. The van der Waals surface area contributed by atoms with E-state index >= 15 is 0 Å². The fraction of sp³-hybridized carbons (Fsp3) is 0.333. The van der Waals surface area contributed by atoms with Crippen LogP contribution in [0, 0.1) is 0 Å². The van der Waals surface area contributed by atoms with Crippen molar-refractivity contribution in [1.82, 2.24) is 24.8 Å². The number of halogens is 1. The van der Waals surface area contributed by atoms with Gasteiger partial charge in [0.1, 0.15) is 6.33 Å². The third-order valence-electron chi connectivity index (χ3n) is 2.73. The number of sulfonamides is 1. The van der Waals surface area contributed by atoms with Gasteiger partial charge in [-0.1, -0.05) is 6.07 Å². The Kier molecular flexibility index (Phi) is 5.09. The molecule has 1 aromatic heterocycles. The molecular formula is C12H16BrN5O2S. The van der Waals surface area contributed by atoms with Gasteiger partial charge in [-0.2, -0.15) is 5.10 Å². The quantitative estimate of drug-likeness (QED) is 0.780. The van der Waals surface area contributed by atoms with Crippen molar-refractivity contribution >= 4 is 26.0 Å². The van der Waals surface area contributed by atoms with E-state index in [1.54, 1.807) is 26.2 Å². The largest absolute Gasteiger partial charge is 0.316 e. The zero-order valence-electron chi connectivity index (χ0n) is 11.7. The van der Waals surface area contributed by atoms with E-state index in [1.165, 1.54) is 11.0 Å². The van der Waals surface area contributed by atoms with E-state index in [4.69, 9.17) is 0 Å². The van der Waals surface area contributed by atoms with Gasteiger partial charge in [0.25, 0.3) is 0 Å². The van der Waals surface area contributed by atoms with Crippen molar-refractivity contribution in [3.63, 3.8) is 0 Å². The number of nitrogens with one attached hydrogen (secondary N) is 2. The van der Waals surface area contributed by atoms with Crippen molar-refractivity contribution in [2.75, 3.05) is 7.05 Å². The molecule has 2 rings (SSSR count). The Morgan fingerprint density at radius 3 is 2.71 bits per heavy atom. The smallest absolute Gasteiger partial charge is 0.242 e. The standard InChI is InChI=1S/C12H16BrN5O2S/c1-14-6-9-3-4-10(13)11(5-9)21(19,20)16-7-12-15-8-18(2)17-12/h3-5,8,14,16H,6-7H2,1-2H3. The number of hydrogen-bond acceptors (Lipinski definition) is 5. The maximum Gasteiger partial charge on any atom is 0.242 e. The average Bonchev–Trinajstić information content (AvgIpc) is 2.85. The van der Waals surface area contributed by atoms with Crippen molar-refractivity contribution in [1.29, 1.82) is 0 Å². The second-order valence-electron chi connectivity index (χ2n) is 4.45. The molecule has 0 aliphatic heterocycles. The second kappa shape index (κ2) is 6.65. The molecule has 0 atom stereocenters. The van der Waals surface area contributed by atoms with Crippen molar-refractivity contribution in [3.8, 4) is 0 Å². The molecule has 114 valence electrons. The van der Waals surface area contributed by atoms with Crippen LogP contribution in [0.25, 0.3) is 0 Å². The lowest BCUT2D eigenvalue weighted by molar-refractivity contribution is 0.578. The van der Waals surface area contributed by atoms with Crippen molar-refractivity contribution in [3.05, 3.63) is 40.4 Å². The van der Waals surface area contributed by atoms with Gasteiger partial charge in [-0.05, 0) is 40.7 Å². The summed E-state index contributed by atoms with van der Waals surface area (Å²) in [6.07, 6.45) is 1.52. The Morgan fingerprint density at radius 1 is 1.33 bits per heavy atom. The van der Waals surface area contributed by atoms with Crippen LogP contribution < -0.4 is 10.0 Å². The lowest BCUT2D eigenvalue weighted by atomic mass is 10.2. The zero-order chi connectivity index (χ0) is 15.5. The van der Waals surface area contributed by atoms with Crippen molar-refractivity contribution in [2.24, 2.45) is 7.05 Å². The van der Waals surface area contributed by atoms with Crippen LogP contribution in [0.5, 0.6) is 0 Å². The van der Waals surface area contributed by atoms with Gasteiger partial charge in [-0.15, -0.1) is 0 Å². The van der Waals surface area contributed by atoms with E-state index in [1.807, 2.05) is 6.07 Å². The second-order valence-corrected chi connectivity index (χ2v) is 7.04. The summed E-state index contributed by atoms with van der Waals surface area (Å²) in [6.45, 7) is 0.642. The normalized spacial score (nSPS) is 11.8. The first-order chi connectivity index (χ1) is 9.92. The van der Waals surface area contributed by atoms with Gasteiger partial charge in [0.05, 0.1) is 11.4 Å². The van der Waals surface area contributed by atoms with Gasteiger partial charge < -0.3 is 5.32 Å². The minimum atomic E-state index is -3.63. The molecule has 0 saturated carbocycles. The van der Waals surface area contributed by atoms with E-state index in [0.717, 1.165) is 5.56 Å². The van der Waals surface area contributed by atoms with E-state index in [-0.39, 0.29) is 11.4 Å². The molecule has 0 aliphatic rings. The summed E-state index contributed by atoms with van der Waals surface area (Å²) in [4.78, 5) is 4.19. The summed E-state index contributed by atoms with van der Waals surface area (Å²) in [5.74, 6) is 0.420. The van der Waals surface area contributed by atoms with Crippen LogP contribution in [0.4, 0.5) is 0 Å². The first-order valence-corrected chi connectivity index (χ1v) is 8.47. The Bertz CT molecular complexity index is 729. The minimum absolute atomic E-state index is 0.0475. The van der Waals surface area contributed by atoms with Crippen LogP contribution in [0.3, 0.4) is 0 Å². The third kappa shape index (κ3) is 4.10. The first-order valence-electron chi connectivity index (χ1n) is 6.19. The summed E-state index contributed by atoms with van der Waals surface area (Å²) >= 11 is 3.27. The highest BCUT2D eigenvalue weighted by Crippen LogP contribution is 2.23. The summed E-state index contributed by atoms with van der Waals surface area (Å²) in [5.41, 5.74) is 0.886. The Hall–Kier alpha value is -1.29. The van der Waals surface area contributed by atoms with Gasteiger partial charge in [-0.25, -0.2) is 18.1 Å². The van der Waals surface area contributed by atoms with E-state index in [0.29, 0.717) is 16.8 Å². The van der Waals surface area contributed by atoms with Crippen LogP contribution in [0.1, 0.15) is 11.4 Å². The molecule has 7 nitrogen and oxygen atoms in total. The molecular weight excluding hydrogens is 358 g/mol. The number of aromatic nitrogens is 3. The number of aryl methyl sites for hydroxylation is 1. The fourth-order valence-corrected chi connectivity index (χ4v) is 3.76. The molecule has 0 spiro atoms. The highest BCUT2D eigenvalue weighted by atomic mass is 79.9. The van der Waals surface area contributed by atoms with Gasteiger partial charge in [0.15, 0.2) is 5.82 Å². The maximum atomic E-state index is 12.4. The monoisotopic (exact) mass is 373 g/mol. The molecule has 0 saturated heterocycles. The van der Waals surface area contributed by atoms with Crippen molar-refractivity contribution < 1.29 is 8.42 Å². The molecule has 21 heavy (non-hydrogen) atoms. The van der Waals surface area contributed by atoms with Crippen LogP contribution in [0.15, 0.2) is 33.9 Å². The topological polar surface area (TPSA) is 88.9 Å². The van der Waals surface area contributed by atoms with E-state index < -0.39 is 10.0 Å². The molecule has 0 radical (unpaired) electrons. The lowest BCUT2D eigenvalue weighted by Gasteiger charge is -2.09. The number of hydrogen-bond donors (Lipinski definition) is 2. The highest BCUT2D eigenvalue weighted by Gasteiger charge is 2.18. The lowest BCUT2D eigenvalue weighted by Crippen LogP contribution is -2.24. The summed E-state index contributed by atoms with van der Waals surface area (Å²) in [5, 5.41) is 7.02. The Morgan fingerprint density at radius 2 is 2.10 bits per heavy atom. The number of benzene rings is 1. The molecule has 0 amide bonds. The highest BCUT2D eigenvalue weighted by molar-refractivity contribution is 9.10. The maximum absolute atomic E-state index is 12.4. The van der Waals surface area contributed by atoms with Gasteiger partial charge >= 0.3 is 0 Å². The molecule has 0 aliphatic carbocycles. The molecule has 0 bridgehead atoms. The third-order valence-corrected chi connectivity index (χ3v) is 5.13. The van der Waals surface area contributed by atoms with Gasteiger partial charge in [-0.3, -0.25) is 4.68 Å². The predicted octanol–water partition coefficient (Wildman–Crippen LogP) is 0.775.